The smallest absolute Gasteiger partial charge is 0.227 e. The Morgan fingerprint density at radius 1 is 1.11 bits per heavy atom. The average molecular weight is 470 g/mol. The van der Waals surface area contributed by atoms with Crippen LogP contribution in [0.15, 0.2) is 55.0 Å². The summed E-state index contributed by atoms with van der Waals surface area (Å²) in [4.78, 5) is 21.8. The maximum absolute atomic E-state index is 12.6. The van der Waals surface area contributed by atoms with Crippen molar-refractivity contribution < 1.29 is 14.3 Å². The van der Waals surface area contributed by atoms with Gasteiger partial charge in [0.25, 0.3) is 0 Å². The number of ether oxygens (including phenoxy) is 2. The van der Waals surface area contributed by atoms with Gasteiger partial charge in [-0.2, -0.15) is 5.10 Å². The molecule has 2 aromatic carbocycles. The first-order valence-corrected chi connectivity index (χ1v) is 12.1. The molecule has 1 unspecified atom stereocenters. The van der Waals surface area contributed by atoms with E-state index in [9.17, 15) is 4.79 Å². The normalized spacial score (nSPS) is 17.9. The van der Waals surface area contributed by atoms with Crippen molar-refractivity contribution in [2.24, 2.45) is 5.92 Å². The number of nitrogens with one attached hydrogen (secondary N) is 1. The largest absolute Gasteiger partial charge is 0.494 e. The lowest BCUT2D eigenvalue weighted by molar-refractivity contribution is -0.117. The van der Waals surface area contributed by atoms with Gasteiger partial charge in [-0.05, 0) is 43.7 Å². The van der Waals surface area contributed by atoms with Crippen molar-refractivity contribution in [3.05, 3.63) is 55.0 Å². The van der Waals surface area contributed by atoms with Gasteiger partial charge in [0.05, 0.1) is 30.2 Å². The third-order valence-electron chi connectivity index (χ3n) is 6.70. The lowest BCUT2D eigenvalue weighted by Gasteiger charge is -2.25. The Kier molecular flexibility index (Phi) is 5.66. The summed E-state index contributed by atoms with van der Waals surface area (Å²) in [5.74, 6) is 0.673. The number of benzene rings is 2. The summed E-state index contributed by atoms with van der Waals surface area (Å²) in [6, 6.07) is 13.9. The summed E-state index contributed by atoms with van der Waals surface area (Å²) in [5, 5.41) is 8.63. The molecule has 3 heterocycles. The molecule has 4 aromatic rings. The molecule has 1 saturated carbocycles. The van der Waals surface area contributed by atoms with Crippen molar-refractivity contribution in [1.82, 2.24) is 19.7 Å². The van der Waals surface area contributed by atoms with E-state index in [2.05, 4.69) is 22.4 Å². The lowest BCUT2D eigenvalue weighted by Crippen LogP contribution is -2.20. The van der Waals surface area contributed by atoms with Crippen LogP contribution in [-0.4, -0.2) is 39.4 Å². The maximum Gasteiger partial charge on any atom is 0.227 e. The minimum absolute atomic E-state index is 0.0201. The van der Waals surface area contributed by atoms with E-state index in [0.717, 1.165) is 65.5 Å². The fourth-order valence-electron chi connectivity index (χ4n) is 4.68. The first-order chi connectivity index (χ1) is 17.2. The van der Waals surface area contributed by atoms with Crippen LogP contribution in [0.25, 0.3) is 33.4 Å². The third kappa shape index (κ3) is 4.14. The van der Waals surface area contributed by atoms with Gasteiger partial charge in [0.2, 0.25) is 5.91 Å². The van der Waals surface area contributed by atoms with Gasteiger partial charge in [-0.15, -0.1) is 0 Å². The molecule has 1 atom stereocenters. The Morgan fingerprint density at radius 2 is 1.97 bits per heavy atom. The molecule has 6 rings (SSSR count). The van der Waals surface area contributed by atoms with Gasteiger partial charge < -0.3 is 14.8 Å². The van der Waals surface area contributed by atoms with Crippen molar-refractivity contribution in [3.63, 3.8) is 0 Å². The van der Waals surface area contributed by atoms with Gasteiger partial charge in [-0.3, -0.25) is 4.79 Å². The fourth-order valence-corrected chi connectivity index (χ4v) is 4.68. The lowest BCUT2D eigenvalue weighted by atomic mass is 10.0. The molecule has 2 aromatic heterocycles. The van der Waals surface area contributed by atoms with Gasteiger partial charge >= 0.3 is 0 Å². The Hall–Kier alpha value is -3.78. The van der Waals surface area contributed by atoms with E-state index in [1.54, 1.807) is 13.4 Å². The predicted octanol–water partition coefficient (Wildman–Crippen LogP) is 5.22. The quantitative estimate of drug-likeness (QED) is 0.417. The second-order valence-electron chi connectivity index (χ2n) is 9.09. The highest BCUT2D eigenvalue weighted by molar-refractivity contribution is 6.02. The van der Waals surface area contributed by atoms with Crippen molar-refractivity contribution >= 4 is 22.5 Å². The standard InChI is InChI=1S/C27H27N5O3/c1-34-23-14-21-19(13-22(23)31-27(33)18-10-11-18)25(29-16-28-21)26-20(17-7-3-2-4-8-17)15-30-32(26)24-9-5-6-12-35-24/h2-4,7-8,13-16,18,24H,5-6,9-12H2,1H3,(H,31,33). The number of hydrogen-bond acceptors (Lipinski definition) is 6. The number of amides is 1. The molecular formula is C27H27N5O3. The van der Waals surface area contributed by atoms with Crippen LogP contribution in [0.4, 0.5) is 5.69 Å². The van der Waals surface area contributed by atoms with E-state index in [-0.39, 0.29) is 18.1 Å². The number of hydrogen-bond donors (Lipinski definition) is 1. The van der Waals surface area contributed by atoms with Crippen LogP contribution in [0.2, 0.25) is 0 Å². The fraction of sp³-hybridized carbons (Fsp3) is 0.333. The van der Waals surface area contributed by atoms with E-state index in [0.29, 0.717) is 18.0 Å². The molecular weight excluding hydrogens is 442 g/mol. The second kappa shape index (κ2) is 9.11. The molecule has 1 saturated heterocycles. The molecule has 8 heteroatoms. The van der Waals surface area contributed by atoms with Crippen molar-refractivity contribution in [1.29, 1.82) is 0 Å². The topological polar surface area (TPSA) is 91.2 Å². The van der Waals surface area contributed by atoms with E-state index in [1.807, 2.05) is 41.2 Å². The second-order valence-corrected chi connectivity index (χ2v) is 9.09. The van der Waals surface area contributed by atoms with Crippen LogP contribution in [0.3, 0.4) is 0 Å². The Balaban J connectivity index is 1.54. The van der Waals surface area contributed by atoms with Gasteiger partial charge in [0.15, 0.2) is 6.23 Å². The first kappa shape index (κ1) is 21.7. The highest BCUT2D eigenvalue weighted by Gasteiger charge is 2.31. The first-order valence-electron chi connectivity index (χ1n) is 12.1. The number of fused-ring (bicyclic) bond motifs is 1. The summed E-state index contributed by atoms with van der Waals surface area (Å²) in [6.07, 6.45) is 8.18. The number of methoxy groups -OCH3 is 1. The molecule has 2 fully saturated rings. The van der Waals surface area contributed by atoms with Gasteiger partial charge in [-0.1, -0.05) is 30.3 Å². The molecule has 1 aliphatic carbocycles. The molecule has 178 valence electrons. The number of anilines is 1. The van der Waals surface area contributed by atoms with Crippen LogP contribution < -0.4 is 10.1 Å². The van der Waals surface area contributed by atoms with Crippen molar-refractivity contribution in [3.8, 4) is 28.3 Å². The molecule has 0 spiro atoms. The van der Waals surface area contributed by atoms with Crippen molar-refractivity contribution in [2.45, 2.75) is 38.3 Å². The Bertz CT molecular complexity index is 1370. The zero-order valence-electron chi connectivity index (χ0n) is 19.6. The highest BCUT2D eigenvalue weighted by atomic mass is 16.5. The maximum atomic E-state index is 12.6. The molecule has 0 bridgehead atoms. The zero-order valence-corrected chi connectivity index (χ0v) is 19.6. The Labute approximate surface area is 203 Å². The summed E-state index contributed by atoms with van der Waals surface area (Å²) >= 11 is 0. The van der Waals surface area contributed by atoms with Crippen LogP contribution in [0.1, 0.15) is 38.3 Å². The van der Waals surface area contributed by atoms with E-state index in [1.165, 1.54) is 0 Å². The minimum atomic E-state index is -0.159. The molecule has 1 N–H and O–H groups in total. The zero-order chi connectivity index (χ0) is 23.8. The number of aromatic nitrogens is 4. The summed E-state index contributed by atoms with van der Waals surface area (Å²) in [5.41, 5.74) is 4.98. The molecule has 35 heavy (non-hydrogen) atoms. The average Bonchev–Trinajstić information content (AvgIpc) is 3.67. The molecule has 2 aliphatic rings. The van der Waals surface area contributed by atoms with Gasteiger partial charge in [0, 0.05) is 29.5 Å². The minimum Gasteiger partial charge on any atom is -0.494 e. The number of nitrogens with zero attached hydrogens (tertiary/aromatic N) is 4. The molecule has 1 amide bonds. The number of carbonyl (C=O) groups is 1. The summed E-state index contributed by atoms with van der Waals surface area (Å²) < 4.78 is 13.7. The third-order valence-corrected chi connectivity index (χ3v) is 6.70. The van der Waals surface area contributed by atoms with Gasteiger partial charge in [0.1, 0.15) is 17.8 Å². The summed E-state index contributed by atoms with van der Waals surface area (Å²) in [7, 11) is 1.60. The Morgan fingerprint density at radius 3 is 2.71 bits per heavy atom. The van der Waals surface area contributed by atoms with Crippen molar-refractivity contribution in [2.75, 3.05) is 19.0 Å². The highest BCUT2D eigenvalue weighted by Crippen LogP contribution is 2.40. The van der Waals surface area contributed by atoms with Crippen LogP contribution in [-0.2, 0) is 9.53 Å². The number of rotatable bonds is 6. The molecule has 8 nitrogen and oxygen atoms in total. The predicted molar refractivity (Wildman–Crippen MR) is 133 cm³/mol. The molecule has 0 radical (unpaired) electrons. The summed E-state index contributed by atoms with van der Waals surface area (Å²) in [6.45, 7) is 0.712. The molecule has 1 aliphatic heterocycles. The van der Waals surface area contributed by atoms with E-state index >= 15 is 0 Å². The monoisotopic (exact) mass is 469 g/mol. The SMILES string of the molecule is COc1cc2ncnc(-c3c(-c4ccccc4)cnn3C3CCCCO3)c2cc1NC(=O)C1CC1. The van der Waals surface area contributed by atoms with Gasteiger partial charge in [-0.25, -0.2) is 14.6 Å². The van der Waals surface area contributed by atoms with Crippen LogP contribution in [0, 0.1) is 5.92 Å². The van der Waals surface area contributed by atoms with Crippen LogP contribution in [0.5, 0.6) is 5.75 Å². The van der Waals surface area contributed by atoms with Crippen LogP contribution >= 0.6 is 0 Å². The number of carbonyl (C=O) groups excluding carboxylic acids is 1. The van der Waals surface area contributed by atoms with E-state index < -0.39 is 0 Å². The van der Waals surface area contributed by atoms with E-state index in [4.69, 9.17) is 19.6 Å².